The smallest absolute Gasteiger partial charge is 0.348 e. The van der Waals surface area contributed by atoms with Crippen LogP contribution in [0.1, 0.15) is 79.1 Å². The summed E-state index contributed by atoms with van der Waals surface area (Å²) in [6, 6.07) is 0. The van der Waals surface area contributed by atoms with Crippen LogP contribution in [-0.2, 0) is 28.6 Å². The molecular formula is C33H54O15. The van der Waals surface area contributed by atoms with Gasteiger partial charge in [0, 0.05) is 0 Å². The van der Waals surface area contributed by atoms with Crippen LogP contribution in [0.5, 0.6) is 0 Å². The van der Waals surface area contributed by atoms with E-state index in [1.54, 1.807) is 0 Å². The molecule has 15 nitrogen and oxygen atoms in total. The van der Waals surface area contributed by atoms with E-state index in [1.165, 1.54) is 6.92 Å². The first kappa shape index (κ1) is 37.9. The molecule has 5 fully saturated rings. The summed E-state index contributed by atoms with van der Waals surface area (Å²) in [4.78, 5) is 17.2. The van der Waals surface area contributed by atoms with Crippen LogP contribution in [-0.4, -0.2) is 126 Å². The van der Waals surface area contributed by atoms with Crippen molar-refractivity contribution in [1.82, 2.24) is 0 Å². The standard InChI is InChI=1S/C33H54O15/c1-15-13-32-11-7-19-30(4,9-6-10-31(19,5)28(42)48-43)20(32)8-12-33(15,17(32)3)47-29(45-26(41)24(39)22(37)18(35)14-34)46-27-25(40)23(38)21(36)16(2)44-27/h16-27,29,34-41,43H,1,6-14H2,2-5H3/t16?,17-,18?,19?,20+,21+,22-,23?,24?,25?,26+,27+,29?,30-,31-,32-,33-/m1/s1. The fourth-order valence-electron chi connectivity index (χ4n) is 10.6. The normalized spacial score (nSPS) is 47.3. The van der Waals surface area contributed by atoms with Gasteiger partial charge in [0.2, 0.25) is 0 Å². The minimum Gasteiger partial charge on any atom is -0.394 e. The highest BCUT2D eigenvalue weighted by Gasteiger charge is 2.71. The maximum Gasteiger partial charge on any atom is 0.348 e. The van der Waals surface area contributed by atoms with Crippen molar-refractivity contribution in [3.8, 4) is 0 Å². The molecule has 9 N–H and O–H groups in total. The zero-order chi connectivity index (χ0) is 35.6. The average Bonchev–Trinajstić information content (AvgIpc) is 3.15. The number of carbonyl (C=O) groups is 1. The fourth-order valence-corrected chi connectivity index (χ4v) is 10.6. The molecule has 4 aliphatic carbocycles. The van der Waals surface area contributed by atoms with E-state index in [-0.39, 0.29) is 28.6 Å². The number of aliphatic hydroxyl groups excluding tert-OH is 8. The van der Waals surface area contributed by atoms with Crippen molar-refractivity contribution in [2.24, 2.45) is 34.0 Å². The third-order valence-corrected chi connectivity index (χ3v) is 13.3. The number of hydrogen-bond donors (Lipinski definition) is 9. The first-order valence-electron chi connectivity index (χ1n) is 17.0. The second-order valence-corrected chi connectivity index (χ2v) is 15.4. The summed E-state index contributed by atoms with van der Waals surface area (Å²) in [6.45, 7) is 9.23. The van der Waals surface area contributed by atoms with E-state index >= 15 is 0 Å². The molecule has 276 valence electrons. The Morgan fingerprint density at radius 1 is 0.958 bits per heavy atom. The van der Waals surface area contributed by atoms with Gasteiger partial charge < -0.3 is 55.2 Å². The van der Waals surface area contributed by atoms with Gasteiger partial charge in [-0.25, -0.2) is 4.79 Å². The van der Waals surface area contributed by atoms with Crippen molar-refractivity contribution < 1.29 is 74.7 Å². The van der Waals surface area contributed by atoms with Gasteiger partial charge in [-0.05, 0) is 93.0 Å². The van der Waals surface area contributed by atoms with E-state index in [4.69, 9.17) is 18.9 Å². The maximum absolute atomic E-state index is 12.9. The average molecular weight is 691 g/mol. The van der Waals surface area contributed by atoms with Crippen molar-refractivity contribution in [2.45, 2.75) is 146 Å². The van der Waals surface area contributed by atoms with Crippen LogP contribution < -0.4 is 0 Å². The molecule has 17 atom stereocenters. The summed E-state index contributed by atoms with van der Waals surface area (Å²) in [5.74, 6) is -0.673. The van der Waals surface area contributed by atoms with E-state index in [1.807, 2.05) is 6.92 Å². The molecule has 48 heavy (non-hydrogen) atoms. The van der Waals surface area contributed by atoms with Gasteiger partial charge in [0.15, 0.2) is 12.6 Å². The highest BCUT2D eigenvalue weighted by molar-refractivity contribution is 5.76. The molecule has 0 amide bonds. The lowest BCUT2D eigenvalue weighted by Gasteiger charge is -2.65. The quantitative estimate of drug-likeness (QED) is 0.0595. The Kier molecular flexibility index (Phi) is 10.8. The Hall–Kier alpha value is -1.31. The zero-order valence-corrected chi connectivity index (χ0v) is 28.1. The molecule has 4 saturated carbocycles. The number of fused-ring (bicyclic) bond motifs is 3. The molecule has 1 heterocycles. The van der Waals surface area contributed by atoms with Gasteiger partial charge in [0.1, 0.15) is 36.6 Å². The van der Waals surface area contributed by atoms with E-state index < -0.39 is 85.4 Å². The first-order valence-corrected chi connectivity index (χ1v) is 17.0. The van der Waals surface area contributed by atoms with E-state index in [9.17, 15) is 50.9 Å². The van der Waals surface area contributed by atoms with Crippen molar-refractivity contribution in [3.05, 3.63) is 12.2 Å². The summed E-state index contributed by atoms with van der Waals surface area (Å²) in [6.07, 6.45) is -10.2. The summed E-state index contributed by atoms with van der Waals surface area (Å²) in [5, 5.41) is 91.2. The van der Waals surface area contributed by atoms with Crippen molar-refractivity contribution in [1.29, 1.82) is 0 Å². The summed E-state index contributed by atoms with van der Waals surface area (Å²) >= 11 is 0. The molecule has 5 rings (SSSR count). The number of ether oxygens (including phenoxy) is 4. The molecule has 1 saturated heterocycles. The van der Waals surface area contributed by atoms with Crippen LogP contribution in [0.3, 0.4) is 0 Å². The molecule has 2 bridgehead atoms. The Labute approximate surface area is 280 Å². The number of carbonyl (C=O) groups excluding carboxylic acids is 1. The van der Waals surface area contributed by atoms with Crippen LogP contribution >= 0.6 is 0 Å². The highest BCUT2D eigenvalue weighted by Crippen LogP contribution is 2.75. The van der Waals surface area contributed by atoms with E-state index in [0.29, 0.717) is 32.1 Å². The lowest BCUT2D eigenvalue weighted by molar-refractivity contribution is -0.429. The third kappa shape index (κ3) is 5.86. The lowest BCUT2D eigenvalue weighted by atomic mass is 9.39. The second-order valence-electron chi connectivity index (χ2n) is 15.4. The van der Waals surface area contributed by atoms with Crippen LogP contribution in [0.4, 0.5) is 0 Å². The van der Waals surface area contributed by atoms with Crippen molar-refractivity contribution in [2.75, 3.05) is 6.61 Å². The summed E-state index contributed by atoms with van der Waals surface area (Å²) < 4.78 is 23.6. The largest absolute Gasteiger partial charge is 0.394 e. The first-order chi connectivity index (χ1) is 22.4. The van der Waals surface area contributed by atoms with Gasteiger partial charge in [-0.3, -0.25) is 9.47 Å². The monoisotopic (exact) mass is 690 g/mol. The predicted octanol–water partition coefficient (Wildman–Crippen LogP) is -0.105. The molecule has 1 aliphatic heterocycles. The van der Waals surface area contributed by atoms with Gasteiger partial charge in [-0.15, -0.1) is 0 Å². The lowest BCUT2D eigenvalue weighted by Crippen LogP contribution is -2.62. The second kappa shape index (κ2) is 13.7. The molecule has 1 spiro atoms. The van der Waals surface area contributed by atoms with Gasteiger partial charge in [0.05, 0.1) is 23.7 Å². The van der Waals surface area contributed by atoms with Gasteiger partial charge in [0.25, 0.3) is 6.48 Å². The topological polar surface area (TPSA) is 245 Å². The zero-order valence-electron chi connectivity index (χ0n) is 28.1. The molecule has 5 aliphatic rings. The molecule has 0 aromatic rings. The fraction of sp³-hybridized carbons (Fsp3) is 0.909. The summed E-state index contributed by atoms with van der Waals surface area (Å²) in [7, 11) is 0. The molecule has 0 aromatic heterocycles. The van der Waals surface area contributed by atoms with Gasteiger partial charge in [-0.1, -0.05) is 26.8 Å². The van der Waals surface area contributed by atoms with Crippen LogP contribution in [0.15, 0.2) is 12.2 Å². The Balaban J connectivity index is 1.44. The SMILES string of the molecule is C=C1C[C@@]23CCC4[C@](C)(C(=O)OO)CCC[C@@]4(C)[C@@H]2CC[C@]1(OC(O[C@@H]1OC(C)[C@H](O)C(O)C1O)O[C@H](O)C(O)[C@H](O)C(O)CO)[C@@H]3C. The number of aliphatic hydroxyl groups is 8. The van der Waals surface area contributed by atoms with E-state index in [0.717, 1.165) is 24.8 Å². The van der Waals surface area contributed by atoms with Gasteiger partial charge in [-0.2, -0.15) is 5.26 Å². The Morgan fingerprint density at radius 3 is 2.27 bits per heavy atom. The number of rotatable bonds is 11. The van der Waals surface area contributed by atoms with Crippen molar-refractivity contribution >= 4 is 5.97 Å². The highest BCUT2D eigenvalue weighted by atomic mass is 17.1. The molecule has 0 aromatic carbocycles. The molecule has 15 heteroatoms. The van der Waals surface area contributed by atoms with E-state index in [2.05, 4.69) is 25.3 Å². The van der Waals surface area contributed by atoms with Crippen molar-refractivity contribution in [3.63, 3.8) is 0 Å². The number of hydrogen-bond acceptors (Lipinski definition) is 15. The molecule has 0 radical (unpaired) electrons. The van der Waals surface area contributed by atoms with Crippen LogP contribution in [0.2, 0.25) is 0 Å². The molecule has 7 unspecified atom stereocenters. The Morgan fingerprint density at radius 2 is 1.62 bits per heavy atom. The maximum atomic E-state index is 12.9. The minimum absolute atomic E-state index is 0.0195. The minimum atomic E-state index is -2.23. The van der Waals surface area contributed by atoms with Crippen LogP contribution in [0.25, 0.3) is 0 Å². The van der Waals surface area contributed by atoms with Gasteiger partial charge >= 0.3 is 5.97 Å². The van der Waals surface area contributed by atoms with Crippen LogP contribution in [0, 0.1) is 34.0 Å². The third-order valence-electron chi connectivity index (χ3n) is 13.3. The molecular weight excluding hydrogens is 636 g/mol. The predicted molar refractivity (Wildman–Crippen MR) is 163 cm³/mol. The Bertz CT molecular complexity index is 1190. The summed E-state index contributed by atoms with van der Waals surface area (Å²) in [5.41, 5.74) is -1.74.